The van der Waals surface area contributed by atoms with Gasteiger partial charge in [-0.2, -0.15) is 0 Å². The highest BCUT2D eigenvalue weighted by molar-refractivity contribution is 14.1. The van der Waals surface area contributed by atoms with Crippen LogP contribution in [0.2, 0.25) is 0 Å². The van der Waals surface area contributed by atoms with Gasteiger partial charge >= 0.3 is 0 Å². The minimum atomic E-state index is -0.836. The molecule has 0 fully saturated rings. The molecule has 1 unspecified atom stereocenters. The van der Waals surface area contributed by atoms with Crippen LogP contribution in [0.4, 0.5) is 4.39 Å². The Balaban J connectivity index is 2.40. The van der Waals surface area contributed by atoms with E-state index in [1.807, 2.05) is 29.5 Å². The summed E-state index contributed by atoms with van der Waals surface area (Å²) in [5.41, 5.74) is 1.26. The van der Waals surface area contributed by atoms with E-state index in [4.69, 9.17) is 0 Å². The van der Waals surface area contributed by atoms with E-state index in [-0.39, 0.29) is 5.82 Å². The van der Waals surface area contributed by atoms with Crippen molar-refractivity contribution in [3.8, 4) is 0 Å². The predicted octanol–water partition coefficient (Wildman–Crippen LogP) is 2.12. The van der Waals surface area contributed by atoms with Crippen molar-refractivity contribution in [1.82, 2.24) is 15.0 Å². The van der Waals surface area contributed by atoms with E-state index in [1.165, 1.54) is 18.3 Å². The van der Waals surface area contributed by atoms with Gasteiger partial charge in [0, 0.05) is 15.7 Å². The molecule has 0 aliphatic rings. The van der Waals surface area contributed by atoms with Crippen molar-refractivity contribution in [3.63, 3.8) is 0 Å². The average molecular weight is 347 g/mol. The molecule has 1 heterocycles. The van der Waals surface area contributed by atoms with E-state index in [2.05, 4.69) is 10.3 Å². The number of nitrogens with zero attached hydrogens (tertiary/aromatic N) is 3. The van der Waals surface area contributed by atoms with Gasteiger partial charge < -0.3 is 5.11 Å². The fourth-order valence-electron chi connectivity index (χ4n) is 1.61. The Morgan fingerprint density at radius 2 is 2.29 bits per heavy atom. The van der Waals surface area contributed by atoms with Crippen LogP contribution in [-0.4, -0.2) is 20.1 Å². The van der Waals surface area contributed by atoms with E-state index in [0.29, 0.717) is 21.4 Å². The summed E-state index contributed by atoms with van der Waals surface area (Å²) in [5, 5.41) is 17.9. The molecule has 1 N–H and O–H groups in total. The molecule has 90 valence electrons. The summed E-state index contributed by atoms with van der Waals surface area (Å²) in [5.74, 6) is -0.313. The number of halogens is 2. The van der Waals surface area contributed by atoms with Gasteiger partial charge in [-0.3, -0.25) is 0 Å². The maximum Gasteiger partial charge on any atom is 0.124 e. The zero-order valence-electron chi connectivity index (χ0n) is 9.14. The molecule has 2 rings (SSSR count). The van der Waals surface area contributed by atoms with Crippen LogP contribution in [0.3, 0.4) is 0 Å². The standard InChI is InChI=1S/C11H11FIN3O/c1-2-16-10(6-14-15-16)11(17)8-4-3-7(12)5-9(8)13/h3-6,11,17H,2H2,1H3. The summed E-state index contributed by atoms with van der Waals surface area (Å²) in [7, 11) is 0. The van der Waals surface area contributed by atoms with Gasteiger partial charge in [-0.05, 0) is 41.6 Å². The van der Waals surface area contributed by atoms with Crippen LogP contribution in [0.5, 0.6) is 0 Å². The molecular weight excluding hydrogens is 336 g/mol. The van der Waals surface area contributed by atoms with Crippen molar-refractivity contribution >= 4 is 22.6 Å². The number of aliphatic hydroxyl groups is 1. The third kappa shape index (κ3) is 2.47. The van der Waals surface area contributed by atoms with Crippen LogP contribution in [0.1, 0.15) is 24.3 Å². The third-order valence-corrected chi connectivity index (χ3v) is 3.42. The number of hydrogen-bond donors (Lipinski definition) is 1. The Labute approximate surface area is 112 Å². The summed E-state index contributed by atoms with van der Waals surface area (Å²) in [4.78, 5) is 0. The maximum absolute atomic E-state index is 13.0. The number of benzene rings is 1. The van der Waals surface area contributed by atoms with Crippen molar-refractivity contribution in [2.24, 2.45) is 0 Å². The molecule has 17 heavy (non-hydrogen) atoms. The molecular formula is C11H11FIN3O. The van der Waals surface area contributed by atoms with E-state index >= 15 is 0 Å². The molecule has 0 radical (unpaired) electrons. The highest BCUT2D eigenvalue weighted by Gasteiger charge is 2.18. The van der Waals surface area contributed by atoms with Gasteiger partial charge in [0.05, 0.1) is 11.9 Å². The smallest absolute Gasteiger partial charge is 0.124 e. The monoisotopic (exact) mass is 347 g/mol. The zero-order valence-corrected chi connectivity index (χ0v) is 11.3. The van der Waals surface area contributed by atoms with Crippen LogP contribution in [-0.2, 0) is 6.54 Å². The lowest BCUT2D eigenvalue weighted by Gasteiger charge is -2.13. The fraction of sp³-hybridized carbons (Fsp3) is 0.273. The zero-order chi connectivity index (χ0) is 12.4. The first-order valence-electron chi connectivity index (χ1n) is 5.15. The first-order chi connectivity index (χ1) is 8.13. The van der Waals surface area contributed by atoms with Gasteiger partial charge in [0.2, 0.25) is 0 Å². The number of aromatic nitrogens is 3. The van der Waals surface area contributed by atoms with E-state index in [1.54, 1.807) is 10.7 Å². The topological polar surface area (TPSA) is 50.9 Å². The second-order valence-electron chi connectivity index (χ2n) is 3.54. The molecule has 6 heteroatoms. The summed E-state index contributed by atoms with van der Waals surface area (Å²) >= 11 is 2.00. The third-order valence-electron chi connectivity index (χ3n) is 2.48. The SMILES string of the molecule is CCn1nncc1C(O)c1ccc(F)cc1I. The number of aryl methyl sites for hydroxylation is 1. The number of hydrogen-bond acceptors (Lipinski definition) is 3. The van der Waals surface area contributed by atoms with Gasteiger partial charge in [0.25, 0.3) is 0 Å². The average Bonchev–Trinajstić information content (AvgIpc) is 2.76. The highest BCUT2D eigenvalue weighted by atomic mass is 127. The summed E-state index contributed by atoms with van der Waals surface area (Å²) < 4.78 is 15.3. The van der Waals surface area contributed by atoms with Gasteiger partial charge in [-0.1, -0.05) is 11.3 Å². The van der Waals surface area contributed by atoms with Gasteiger partial charge in [0.15, 0.2) is 0 Å². The molecule has 0 saturated heterocycles. The first kappa shape index (κ1) is 12.4. The quantitative estimate of drug-likeness (QED) is 0.866. The molecule has 0 spiro atoms. The molecule has 2 aromatic rings. The molecule has 0 saturated carbocycles. The molecule has 0 bridgehead atoms. The van der Waals surface area contributed by atoms with Crippen molar-refractivity contribution in [1.29, 1.82) is 0 Å². The first-order valence-corrected chi connectivity index (χ1v) is 6.22. The Bertz CT molecular complexity index is 529. The maximum atomic E-state index is 13.0. The Kier molecular flexibility index (Phi) is 3.72. The largest absolute Gasteiger partial charge is 0.382 e. The van der Waals surface area contributed by atoms with Crippen LogP contribution in [0.15, 0.2) is 24.4 Å². The summed E-state index contributed by atoms with van der Waals surface area (Å²) in [6.45, 7) is 2.55. The van der Waals surface area contributed by atoms with E-state index in [0.717, 1.165) is 0 Å². The lowest BCUT2D eigenvalue weighted by atomic mass is 10.1. The van der Waals surface area contributed by atoms with Crippen molar-refractivity contribution < 1.29 is 9.50 Å². The minimum absolute atomic E-state index is 0.313. The van der Waals surface area contributed by atoms with Crippen molar-refractivity contribution in [2.75, 3.05) is 0 Å². The van der Waals surface area contributed by atoms with Crippen molar-refractivity contribution in [3.05, 3.63) is 45.0 Å². The fourth-order valence-corrected chi connectivity index (χ4v) is 2.38. The molecule has 0 amide bonds. The summed E-state index contributed by atoms with van der Waals surface area (Å²) in [6.07, 6.45) is 0.686. The van der Waals surface area contributed by atoms with E-state index < -0.39 is 6.10 Å². The lowest BCUT2D eigenvalue weighted by Crippen LogP contribution is -2.10. The Morgan fingerprint density at radius 3 is 2.94 bits per heavy atom. The van der Waals surface area contributed by atoms with E-state index in [9.17, 15) is 9.50 Å². The second-order valence-corrected chi connectivity index (χ2v) is 4.71. The van der Waals surface area contributed by atoms with Crippen LogP contribution >= 0.6 is 22.6 Å². The van der Waals surface area contributed by atoms with Crippen LogP contribution < -0.4 is 0 Å². The van der Waals surface area contributed by atoms with Gasteiger partial charge in [0.1, 0.15) is 11.9 Å². The lowest BCUT2D eigenvalue weighted by molar-refractivity contribution is 0.207. The Morgan fingerprint density at radius 1 is 1.53 bits per heavy atom. The molecule has 1 aromatic heterocycles. The highest BCUT2D eigenvalue weighted by Crippen LogP contribution is 2.26. The van der Waals surface area contributed by atoms with Gasteiger partial charge in [-0.15, -0.1) is 5.10 Å². The van der Waals surface area contributed by atoms with Gasteiger partial charge in [-0.25, -0.2) is 9.07 Å². The minimum Gasteiger partial charge on any atom is -0.382 e. The second kappa shape index (κ2) is 5.09. The van der Waals surface area contributed by atoms with Crippen LogP contribution in [0, 0.1) is 9.39 Å². The summed E-state index contributed by atoms with van der Waals surface area (Å²) in [6, 6.07) is 4.30. The Hall–Kier alpha value is -1.02. The molecule has 1 atom stereocenters. The molecule has 4 nitrogen and oxygen atoms in total. The van der Waals surface area contributed by atoms with Crippen LogP contribution in [0.25, 0.3) is 0 Å². The number of rotatable bonds is 3. The molecule has 0 aliphatic carbocycles. The normalized spacial score (nSPS) is 12.7. The predicted molar refractivity (Wildman–Crippen MR) is 68.9 cm³/mol. The molecule has 1 aromatic carbocycles. The number of aliphatic hydroxyl groups excluding tert-OH is 1. The molecule has 0 aliphatic heterocycles. The van der Waals surface area contributed by atoms with Crippen molar-refractivity contribution in [2.45, 2.75) is 19.6 Å².